The molecule has 3 rings (SSSR count). The lowest BCUT2D eigenvalue weighted by atomic mass is 9.95. The van der Waals surface area contributed by atoms with Gasteiger partial charge in [0.25, 0.3) is 5.56 Å². The van der Waals surface area contributed by atoms with E-state index in [1.807, 2.05) is 20.8 Å². The number of rotatable bonds is 1. The van der Waals surface area contributed by atoms with Gasteiger partial charge in [-0.3, -0.25) is 4.79 Å². The normalized spacial score (nSPS) is 14.0. The number of ether oxygens (including phenoxy) is 2. The summed E-state index contributed by atoms with van der Waals surface area (Å²) in [6, 6.07) is 5.01. The molecule has 1 aliphatic heterocycles. The molecular weight excluding hydrogens is 282 g/mol. The number of anilines is 1. The monoisotopic (exact) mass is 301 g/mol. The van der Waals surface area contributed by atoms with Crippen molar-refractivity contribution in [1.29, 1.82) is 0 Å². The Morgan fingerprint density at radius 1 is 1.18 bits per heavy atom. The Morgan fingerprint density at radius 2 is 1.91 bits per heavy atom. The fraction of sp³-hybridized carbons (Fsp3) is 0.375. The smallest absolute Gasteiger partial charge is 0.251 e. The first kappa shape index (κ1) is 14.4. The van der Waals surface area contributed by atoms with Crippen LogP contribution in [0.3, 0.4) is 0 Å². The van der Waals surface area contributed by atoms with Gasteiger partial charge in [-0.15, -0.1) is 0 Å². The molecule has 0 atom stereocenters. The van der Waals surface area contributed by atoms with Crippen LogP contribution >= 0.6 is 0 Å². The molecule has 0 radical (unpaired) electrons. The molecule has 0 saturated carbocycles. The van der Waals surface area contributed by atoms with Crippen molar-refractivity contribution in [3.8, 4) is 22.8 Å². The van der Waals surface area contributed by atoms with Crippen LogP contribution < -0.4 is 20.8 Å². The minimum atomic E-state index is -0.255. The molecule has 116 valence electrons. The molecule has 0 spiro atoms. The third-order valence-corrected chi connectivity index (χ3v) is 3.42. The van der Waals surface area contributed by atoms with Crippen molar-refractivity contribution >= 4 is 5.69 Å². The van der Waals surface area contributed by atoms with Gasteiger partial charge in [0.15, 0.2) is 11.5 Å². The lowest BCUT2D eigenvalue weighted by Crippen LogP contribution is -2.22. The van der Waals surface area contributed by atoms with Gasteiger partial charge in [-0.05, 0) is 12.1 Å². The van der Waals surface area contributed by atoms with E-state index in [1.165, 1.54) is 6.07 Å². The van der Waals surface area contributed by atoms with Crippen LogP contribution in [0.5, 0.6) is 11.5 Å². The van der Waals surface area contributed by atoms with E-state index in [4.69, 9.17) is 15.2 Å². The minimum absolute atomic E-state index is 0.191. The molecule has 0 bridgehead atoms. The maximum Gasteiger partial charge on any atom is 0.251 e. The van der Waals surface area contributed by atoms with Crippen LogP contribution in [0.2, 0.25) is 0 Å². The van der Waals surface area contributed by atoms with E-state index < -0.39 is 0 Å². The summed E-state index contributed by atoms with van der Waals surface area (Å²) < 4.78 is 11.1. The third-order valence-electron chi connectivity index (χ3n) is 3.42. The Labute approximate surface area is 128 Å². The van der Waals surface area contributed by atoms with Gasteiger partial charge < -0.3 is 20.2 Å². The molecule has 2 heterocycles. The molecule has 6 nitrogen and oxygen atoms in total. The summed E-state index contributed by atoms with van der Waals surface area (Å²) in [5.41, 5.74) is 7.36. The van der Waals surface area contributed by atoms with E-state index in [9.17, 15) is 4.79 Å². The van der Waals surface area contributed by atoms with Crippen molar-refractivity contribution < 1.29 is 9.47 Å². The summed E-state index contributed by atoms with van der Waals surface area (Å²) >= 11 is 0. The summed E-state index contributed by atoms with van der Waals surface area (Å²) in [7, 11) is 0. The topological polar surface area (TPSA) is 90.2 Å². The van der Waals surface area contributed by atoms with Crippen molar-refractivity contribution in [2.75, 3.05) is 18.9 Å². The molecule has 6 heteroatoms. The van der Waals surface area contributed by atoms with Crippen molar-refractivity contribution in [2.45, 2.75) is 26.2 Å². The Balaban J connectivity index is 2.14. The number of hydrogen-bond acceptors (Lipinski definition) is 5. The van der Waals surface area contributed by atoms with E-state index >= 15 is 0 Å². The van der Waals surface area contributed by atoms with Gasteiger partial charge in [-0.2, -0.15) is 0 Å². The van der Waals surface area contributed by atoms with E-state index in [0.29, 0.717) is 41.9 Å². The molecule has 3 N–H and O–H groups in total. The van der Waals surface area contributed by atoms with E-state index in [2.05, 4.69) is 9.97 Å². The SMILES string of the molecule is CC(C)(C)c1nc(-c2cc(N)c3c(c2)OCCO3)cc(=O)[nH]1. The van der Waals surface area contributed by atoms with Crippen LogP contribution in [0, 0.1) is 0 Å². The lowest BCUT2D eigenvalue weighted by Gasteiger charge is -2.21. The van der Waals surface area contributed by atoms with Crippen molar-refractivity contribution in [2.24, 2.45) is 0 Å². The number of nitrogen functional groups attached to an aromatic ring is 1. The molecule has 0 amide bonds. The highest BCUT2D eigenvalue weighted by Gasteiger charge is 2.20. The van der Waals surface area contributed by atoms with Gasteiger partial charge in [0.05, 0.1) is 11.4 Å². The van der Waals surface area contributed by atoms with Crippen molar-refractivity contribution in [1.82, 2.24) is 9.97 Å². The van der Waals surface area contributed by atoms with Gasteiger partial charge in [-0.1, -0.05) is 20.8 Å². The van der Waals surface area contributed by atoms with Gasteiger partial charge in [0.1, 0.15) is 19.0 Å². The van der Waals surface area contributed by atoms with E-state index in [-0.39, 0.29) is 11.0 Å². The summed E-state index contributed by atoms with van der Waals surface area (Å²) in [6.07, 6.45) is 0. The van der Waals surface area contributed by atoms with Gasteiger partial charge in [0, 0.05) is 17.0 Å². The number of benzene rings is 1. The number of hydrogen-bond donors (Lipinski definition) is 2. The van der Waals surface area contributed by atoms with Crippen LogP contribution in [0.1, 0.15) is 26.6 Å². The quantitative estimate of drug-likeness (QED) is 0.787. The van der Waals surface area contributed by atoms with Crippen LogP contribution in [-0.4, -0.2) is 23.2 Å². The third kappa shape index (κ3) is 2.64. The van der Waals surface area contributed by atoms with Crippen molar-refractivity contribution in [3.63, 3.8) is 0 Å². The van der Waals surface area contributed by atoms with Crippen LogP contribution in [0.15, 0.2) is 23.0 Å². The molecule has 1 aromatic heterocycles. The first-order chi connectivity index (χ1) is 10.3. The number of nitrogens with zero attached hydrogens (tertiary/aromatic N) is 1. The van der Waals surface area contributed by atoms with Crippen LogP contribution in [-0.2, 0) is 5.41 Å². The fourth-order valence-corrected chi connectivity index (χ4v) is 2.29. The summed E-state index contributed by atoms with van der Waals surface area (Å²) in [4.78, 5) is 19.3. The highest BCUT2D eigenvalue weighted by Crippen LogP contribution is 2.39. The molecule has 0 unspecified atom stereocenters. The zero-order chi connectivity index (χ0) is 15.9. The molecule has 2 aromatic rings. The number of nitrogens with one attached hydrogen (secondary N) is 1. The van der Waals surface area contributed by atoms with E-state index in [0.717, 1.165) is 5.56 Å². The first-order valence-electron chi connectivity index (χ1n) is 7.16. The summed E-state index contributed by atoms with van der Waals surface area (Å²) in [6.45, 7) is 6.94. The van der Waals surface area contributed by atoms with Crippen molar-refractivity contribution in [3.05, 3.63) is 34.4 Å². The second kappa shape index (κ2) is 5.05. The van der Waals surface area contributed by atoms with E-state index in [1.54, 1.807) is 12.1 Å². The van der Waals surface area contributed by atoms with Crippen LogP contribution in [0.25, 0.3) is 11.3 Å². The second-order valence-electron chi connectivity index (χ2n) is 6.32. The Morgan fingerprint density at radius 3 is 2.64 bits per heavy atom. The lowest BCUT2D eigenvalue weighted by molar-refractivity contribution is 0.173. The first-order valence-corrected chi connectivity index (χ1v) is 7.16. The molecule has 0 fully saturated rings. The number of aromatic amines is 1. The zero-order valence-electron chi connectivity index (χ0n) is 12.9. The average Bonchev–Trinajstić information content (AvgIpc) is 2.45. The van der Waals surface area contributed by atoms with Gasteiger partial charge in [0.2, 0.25) is 0 Å². The number of fused-ring (bicyclic) bond motifs is 1. The molecule has 0 saturated heterocycles. The number of H-pyrrole nitrogens is 1. The highest BCUT2D eigenvalue weighted by atomic mass is 16.6. The Kier molecular flexibility index (Phi) is 3.31. The molecule has 0 aliphatic carbocycles. The Bertz CT molecular complexity index is 775. The molecule has 22 heavy (non-hydrogen) atoms. The molecular formula is C16H19N3O3. The molecule has 1 aliphatic rings. The second-order valence-corrected chi connectivity index (χ2v) is 6.32. The maximum atomic E-state index is 11.9. The minimum Gasteiger partial charge on any atom is -0.486 e. The largest absolute Gasteiger partial charge is 0.486 e. The average molecular weight is 301 g/mol. The highest BCUT2D eigenvalue weighted by molar-refractivity contribution is 5.73. The standard InChI is InChI=1S/C16H19N3O3/c1-16(2,3)15-18-11(8-13(20)19-15)9-6-10(17)14-12(7-9)21-4-5-22-14/h6-8H,4-5,17H2,1-3H3,(H,18,19,20). The Hall–Kier alpha value is -2.50. The van der Waals surface area contributed by atoms with Crippen LogP contribution in [0.4, 0.5) is 5.69 Å². The number of nitrogens with two attached hydrogens (primary N) is 1. The predicted molar refractivity (Wildman–Crippen MR) is 84.4 cm³/mol. The molecule has 1 aromatic carbocycles. The maximum absolute atomic E-state index is 11.9. The zero-order valence-corrected chi connectivity index (χ0v) is 12.9. The summed E-state index contributed by atoms with van der Waals surface area (Å²) in [5, 5.41) is 0. The fourth-order valence-electron chi connectivity index (χ4n) is 2.29. The predicted octanol–water partition coefficient (Wildman–Crippen LogP) is 2.09. The summed E-state index contributed by atoms with van der Waals surface area (Å²) in [5.74, 6) is 1.76. The van der Waals surface area contributed by atoms with Gasteiger partial charge in [-0.25, -0.2) is 4.98 Å². The van der Waals surface area contributed by atoms with Gasteiger partial charge >= 0.3 is 0 Å². The number of aromatic nitrogens is 2.